The Morgan fingerprint density at radius 1 is 0.562 bits per heavy atom. The molecule has 0 bridgehead atoms. The number of rotatable bonds is 3. The normalized spacial score (nSPS) is 28.9. The van der Waals surface area contributed by atoms with Crippen molar-refractivity contribution in [1.29, 1.82) is 0 Å². The lowest BCUT2D eigenvalue weighted by molar-refractivity contribution is 0.0709. The Morgan fingerprint density at radius 2 is 0.875 bits per heavy atom. The Bertz CT molecular complexity index is 171. The largest absolute Gasteiger partial charge is 0.299 e. The molecule has 0 spiro atoms. The van der Waals surface area contributed by atoms with Crippen LogP contribution in [0, 0.1) is 0 Å². The molecule has 2 heteroatoms. The van der Waals surface area contributed by atoms with Gasteiger partial charge in [0.05, 0.1) is 0 Å². The maximum atomic E-state index is 2.71. The van der Waals surface area contributed by atoms with E-state index in [1.165, 1.54) is 64.7 Å². The maximum absolute atomic E-state index is 2.71. The van der Waals surface area contributed by atoms with Gasteiger partial charge in [-0.05, 0) is 65.7 Å². The zero-order valence-corrected chi connectivity index (χ0v) is 11.1. The summed E-state index contributed by atoms with van der Waals surface area (Å²) in [5.74, 6) is 0. The lowest BCUT2D eigenvalue weighted by atomic mass is 10.0. The molecular formula is C14H28N2. The van der Waals surface area contributed by atoms with E-state index in [-0.39, 0.29) is 0 Å². The first-order valence-electron chi connectivity index (χ1n) is 7.27. The van der Waals surface area contributed by atoms with Gasteiger partial charge in [0, 0.05) is 12.1 Å². The van der Waals surface area contributed by atoms with Crippen molar-refractivity contribution in [3.8, 4) is 0 Å². The number of hydrogen-bond donors (Lipinski definition) is 0. The molecule has 2 atom stereocenters. The van der Waals surface area contributed by atoms with Crippen LogP contribution < -0.4 is 0 Å². The Hall–Kier alpha value is -0.0800. The van der Waals surface area contributed by atoms with Crippen LogP contribution in [0.1, 0.15) is 52.4 Å². The van der Waals surface area contributed by atoms with Gasteiger partial charge in [0.2, 0.25) is 0 Å². The molecular weight excluding hydrogens is 196 g/mol. The van der Waals surface area contributed by atoms with E-state index in [9.17, 15) is 0 Å². The highest BCUT2D eigenvalue weighted by atomic mass is 15.2. The van der Waals surface area contributed by atoms with E-state index >= 15 is 0 Å². The van der Waals surface area contributed by atoms with Crippen molar-refractivity contribution >= 4 is 0 Å². The predicted octanol–water partition coefficient (Wildman–Crippen LogP) is 2.74. The summed E-state index contributed by atoms with van der Waals surface area (Å²) in [5, 5.41) is 0. The number of hydrogen-bond acceptors (Lipinski definition) is 2. The summed E-state index contributed by atoms with van der Waals surface area (Å²) in [6, 6.07) is 1.50. The molecule has 0 aromatic carbocycles. The van der Waals surface area contributed by atoms with Crippen LogP contribution in [0.15, 0.2) is 0 Å². The fourth-order valence-electron chi connectivity index (χ4n) is 3.26. The van der Waals surface area contributed by atoms with E-state index < -0.39 is 0 Å². The summed E-state index contributed by atoms with van der Waals surface area (Å²) >= 11 is 0. The van der Waals surface area contributed by atoms with Crippen LogP contribution in [0.5, 0.6) is 0 Å². The van der Waals surface area contributed by atoms with Crippen LogP contribution in [0.3, 0.4) is 0 Å². The van der Waals surface area contributed by atoms with E-state index in [0.717, 1.165) is 12.1 Å². The third-order valence-corrected chi connectivity index (χ3v) is 4.63. The lowest BCUT2D eigenvalue weighted by Gasteiger charge is -2.42. The molecule has 94 valence electrons. The minimum atomic E-state index is 0.749. The fourth-order valence-corrected chi connectivity index (χ4v) is 3.26. The Kier molecular flexibility index (Phi) is 4.66. The van der Waals surface area contributed by atoms with Crippen molar-refractivity contribution in [1.82, 2.24) is 9.80 Å². The van der Waals surface area contributed by atoms with Crippen LogP contribution >= 0.6 is 0 Å². The third-order valence-electron chi connectivity index (χ3n) is 4.63. The Labute approximate surface area is 101 Å². The summed E-state index contributed by atoms with van der Waals surface area (Å²) in [7, 11) is 0. The van der Waals surface area contributed by atoms with Gasteiger partial charge in [-0.25, -0.2) is 0 Å². The van der Waals surface area contributed by atoms with Gasteiger partial charge in [0.1, 0.15) is 0 Å². The van der Waals surface area contributed by atoms with Gasteiger partial charge in [0.15, 0.2) is 0 Å². The fraction of sp³-hybridized carbons (Fsp3) is 1.00. The van der Waals surface area contributed by atoms with Crippen LogP contribution in [0.4, 0.5) is 0 Å². The van der Waals surface area contributed by atoms with Crippen LogP contribution in [-0.4, -0.2) is 48.1 Å². The van der Waals surface area contributed by atoms with Gasteiger partial charge in [-0.3, -0.25) is 9.80 Å². The summed E-state index contributed by atoms with van der Waals surface area (Å²) in [5.41, 5.74) is 0. The monoisotopic (exact) mass is 224 g/mol. The average molecular weight is 224 g/mol. The molecule has 0 N–H and O–H groups in total. The highest BCUT2D eigenvalue weighted by molar-refractivity contribution is 4.83. The molecule has 2 unspecified atom stereocenters. The standard InChI is InChI=1S/C14H28N2/c1-13(15-9-5-3-6-10-15)14(2)16-11-7-4-8-12-16/h13-14H,3-12H2,1-2H3. The SMILES string of the molecule is CC(C(C)N1CCCCC1)N1CCCCC1. The highest BCUT2D eigenvalue weighted by Gasteiger charge is 2.26. The van der Waals surface area contributed by atoms with E-state index in [1.54, 1.807) is 0 Å². The molecule has 0 amide bonds. The smallest absolute Gasteiger partial charge is 0.0220 e. The molecule has 0 saturated carbocycles. The number of piperidine rings is 2. The number of nitrogens with zero attached hydrogens (tertiary/aromatic N) is 2. The summed E-state index contributed by atoms with van der Waals surface area (Å²) in [6.07, 6.45) is 8.55. The van der Waals surface area contributed by atoms with E-state index in [0.29, 0.717) is 0 Å². The predicted molar refractivity (Wildman–Crippen MR) is 69.8 cm³/mol. The maximum Gasteiger partial charge on any atom is 0.0220 e. The van der Waals surface area contributed by atoms with Gasteiger partial charge in [-0.15, -0.1) is 0 Å². The number of likely N-dealkylation sites (tertiary alicyclic amines) is 2. The molecule has 16 heavy (non-hydrogen) atoms. The Balaban J connectivity index is 1.84. The molecule has 2 heterocycles. The first-order valence-corrected chi connectivity index (χ1v) is 7.27. The molecule has 2 fully saturated rings. The Morgan fingerprint density at radius 3 is 1.19 bits per heavy atom. The second-order valence-electron chi connectivity index (χ2n) is 5.67. The van der Waals surface area contributed by atoms with E-state index in [1.807, 2.05) is 0 Å². The van der Waals surface area contributed by atoms with Gasteiger partial charge in [-0.2, -0.15) is 0 Å². The quantitative estimate of drug-likeness (QED) is 0.727. The van der Waals surface area contributed by atoms with Crippen molar-refractivity contribution in [3.63, 3.8) is 0 Å². The first-order chi connectivity index (χ1) is 7.79. The zero-order chi connectivity index (χ0) is 11.4. The van der Waals surface area contributed by atoms with Crippen molar-refractivity contribution in [2.24, 2.45) is 0 Å². The minimum Gasteiger partial charge on any atom is -0.299 e. The van der Waals surface area contributed by atoms with Crippen LogP contribution in [0.2, 0.25) is 0 Å². The van der Waals surface area contributed by atoms with Crippen molar-refractivity contribution in [3.05, 3.63) is 0 Å². The van der Waals surface area contributed by atoms with Gasteiger partial charge in [0.25, 0.3) is 0 Å². The van der Waals surface area contributed by atoms with Crippen molar-refractivity contribution in [2.75, 3.05) is 26.2 Å². The second-order valence-corrected chi connectivity index (χ2v) is 5.67. The summed E-state index contributed by atoms with van der Waals surface area (Å²) < 4.78 is 0. The van der Waals surface area contributed by atoms with E-state index in [2.05, 4.69) is 23.6 Å². The molecule has 0 aromatic rings. The molecule has 2 aliphatic rings. The second kappa shape index (κ2) is 6.02. The lowest BCUT2D eigenvalue weighted by Crippen LogP contribution is -2.51. The summed E-state index contributed by atoms with van der Waals surface area (Å²) in [4.78, 5) is 5.42. The van der Waals surface area contributed by atoms with Gasteiger partial charge in [-0.1, -0.05) is 12.8 Å². The topological polar surface area (TPSA) is 6.48 Å². The molecule has 2 nitrogen and oxygen atoms in total. The molecule has 2 saturated heterocycles. The zero-order valence-electron chi connectivity index (χ0n) is 11.1. The van der Waals surface area contributed by atoms with Gasteiger partial charge < -0.3 is 0 Å². The van der Waals surface area contributed by atoms with Crippen LogP contribution in [0.25, 0.3) is 0 Å². The average Bonchev–Trinajstić information content (AvgIpc) is 2.39. The molecule has 0 radical (unpaired) electrons. The van der Waals surface area contributed by atoms with E-state index in [4.69, 9.17) is 0 Å². The molecule has 2 aliphatic heterocycles. The van der Waals surface area contributed by atoms with Crippen molar-refractivity contribution < 1.29 is 0 Å². The summed E-state index contributed by atoms with van der Waals surface area (Å²) in [6.45, 7) is 10.2. The first kappa shape index (κ1) is 12.4. The van der Waals surface area contributed by atoms with Gasteiger partial charge >= 0.3 is 0 Å². The van der Waals surface area contributed by atoms with Crippen LogP contribution in [-0.2, 0) is 0 Å². The highest BCUT2D eigenvalue weighted by Crippen LogP contribution is 2.19. The molecule has 2 rings (SSSR count). The molecule has 0 aromatic heterocycles. The minimum absolute atomic E-state index is 0.749. The molecule has 0 aliphatic carbocycles. The van der Waals surface area contributed by atoms with Crippen molar-refractivity contribution in [2.45, 2.75) is 64.5 Å². The third kappa shape index (κ3) is 2.98.